The van der Waals surface area contributed by atoms with Crippen LogP contribution in [0.2, 0.25) is 0 Å². The fourth-order valence-electron chi connectivity index (χ4n) is 2.79. The van der Waals surface area contributed by atoms with Crippen LogP contribution in [0.15, 0.2) is 42.9 Å². The first-order valence-electron chi connectivity index (χ1n) is 8.79. The number of aryl methyl sites for hydroxylation is 1. The van der Waals surface area contributed by atoms with Crippen LogP contribution in [-0.4, -0.2) is 42.0 Å². The van der Waals surface area contributed by atoms with E-state index >= 15 is 0 Å². The first-order chi connectivity index (χ1) is 14.0. The summed E-state index contributed by atoms with van der Waals surface area (Å²) in [5, 5.41) is 25.5. The second-order valence-electron chi connectivity index (χ2n) is 6.71. The molecule has 11 heteroatoms. The molecule has 0 amide bonds. The van der Waals surface area contributed by atoms with Gasteiger partial charge in [-0.25, -0.2) is 14.8 Å². The van der Waals surface area contributed by atoms with Gasteiger partial charge in [0.25, 0.3) is 0 Å². The second-order valence-corrected chi connectivity index (χ2v) is 6.71. The summed E-state index contributed by atoms with van der Waals surface area (Å²) in [6.07, 6.45) is -2.09. The fourth-order valence-corrected chi connectivity index (χ4v) is 2.79. The van der Waals surface area contributed by atoms with E-state index in [9.17, 15) is 23.1 Å². The standard InChI is InChI=1S/C19H18F3N5O3/c1-10-5-12(13-8-24-27(9-13)11(2)16(28)17(29)30)7-14(6-10)25-18-23-4-3-15(26-18)19(20,21)22/h3-9,11,16,28H,1-2H3,(H,29,30)(H,23,25,26)/t11-,16+/m1/s1. The smallest absolute Gasteiger partial charge is 0.433 e. The van der Waals surface area contributed by atoms with Crippen LogP contribution in [0.3, 0.4) is 0 Å². The Labute approximate surface area is 169 Å². The van der Waals surface area contributed by atoms with Crippen molar-refractivity contribution in [2.45, 2.75) is 32.2 Å². The molecule has 0 unspecified atom stereocenters. The molecule has 0 aliphatic rings. The van der Waals surface area contributed by atoms with Crippen LogP contribution in [0.1, 0.15) is 24.2 Å². The normalized spacial score (nSPS) is 13.7. The molecule has 0 spiro atoms. The molecule has 3 N–H and O–H groups in total. The van der Waals surface area contributed by atoms with Gasteiger partial charge in [-0.1, -0.05) is 6.07 Å². The van der Waals surface area contributed by atoms with Crippen molar-refractivity contribution in [3.63, 3.8) is 0 Å². The summed E-state index contributed by atoms with van der Waals surface area (Å²) in [7, 11) is 0. The average Bonchev–Trinajstić information content (AvgIpc) is 3.16. The lowest BCUT2D eigenvalue weighted by atomic mass is 10.1. The predicted octanol–water partition coefficient (Wildman–Crippen LogP) is 3.42. The minimum atomic E-state index is -4.58. The number of aliphatic hydroxyl groups excluding tert-OH is 1. The molecule has 1 aromatic carbocycles. The number of carbonyl (C=O) groups is 1. The molecule has 0 fully saturated rings. The number of nitrogens with one attached hydrogen (secondary N) is 1. The number of aromatic nitrogens is 4. The highest BCUT2D eigenvalue weighted by molar-refractivity contribution is 5.73. The number of hydrogen-bond donors (Lipinski definition) is 3. The van der Waals surface area contributed by atoms with Gasteiger partial charge in [0.15, 0.2) is 6.10 Å². The van der Waals surface area contributed by atoms with Crippen LogP contribution >= 0.6 is 0 Å². The Bertz CT molecular complexity index is 1070. The van der Waals surface area contributed by atoms with Crippen molar-refractivity contribution < 1.29 is 28.2 Å². The molecule has 0 saturated heterocycles. The second kappa shape index (κ2) is 8.11. The van der Waals surface area contributed by atoms with Crippen molar-refractivity contribution in [2.75, 3.05) is 5.32 Å². The molecule has 3 aromatic rings. The van der Waals surface area contributed by atoms with E-state index < -0.39 is 30.0 Å². The Morgan fingerprint density at radius 3 is 2.63 bits per heavy atom. The van der Waals surface area contributed by atoms with E-state index in [-0.39, 0.29) is 5.95 Å². The minimum absolute atomic E-state index is 0.199. The Morgan fingerprint density at radius 1 is 1.23 bits per heavy atom. The maximum atomic E-state index is 12.8. The third kappa shape index (κ3) is 4.74. The molecule has 2 atom stereocenters. The van der Waals surface area contributed by atoms with Crippen LogP contribution in [0.5, 0.6) is 0 Å². The van der Waals surface area contributed by atoms with Crippen molar-refractivity contribution >= 4 is 17.6 Å². The maximum absolute atomic E-state index is 12.8. The average molecular weight is 421 g/mol. The molecule has 0 bridgehead atoms. The molecule has 8 nitrogen and oxygen atoms in total. The van der Waals surface area contributed by atoms with Crippen molar-refractivity contribution in [1.82, 2.24) is 19.7 Å². The van der Waals surface area contributed by atoms with Gasteiger partial charge in [0.1, 0.15) is 5.69 Å². The highest BCUT2D eigenvalue weighted by Crippen LogP contribution is 2.29. The molecule has 2 aromatic heterocycles. The van der Waals surface area contributed by atoms with Crippen molar-refractivity contribution in [2.24, 2.45) is 0 Å². The summed E-state index contributed by atoms with van der Waals surface area (Å²) in [6, 6.07) is 5.22. The van der Waals surface area contributed by atoms with E-state index in [1.54, 1.807) is 18.3 Å². The summed E-state index contributed by atoms with van der Waals surface area (Å²) < 4.78 is 39.9. The van der Waals surface area contributed by atoms with Gasteiger partial charge in [-0.15, -0.1) is 0 Å². The van der Waals surface area contributed by atoms with Gasteiger partial charge in [-0.3, -0.25) is 4.68 Å². The molecule has 0 aliphatic carbocycles. The predicted molar refractivity (Wildman–Crippen MR) is 101 cm³/mol. The van der Waals surface area contributed by atoms with E-state index in [0.29, 0.717) is 16.8 Å². The molecule has 30 heavy (non-hydrogen) atoms. The number of benzene rings is 1. The van der Waals surface area contributed by atoms with Crippen molar-refractivity contribution in [3.8, 4) is 11.1 Å². The van der Waals surface area contributed by atoms with Gasteiger partial charge < -0.3 is 15.5 Å². The van der Waals surface area contributed by atoms with E-state index in [1.807, 2.05) is 13.0 Å². The number of anilines is 2. The van der Waals surface area contributed by atoms with Gasteiger partial charge in [-0.05, 0) is 43.2 Å². The Kier molecular flexibility index (Phi) is 5.74. The third-order valence-electron chi connectivity index (χ3n) is 4.34. The Balaban J connectivity index is 1.87. The lowest BCUT2D eigenvalue weighted by Gasteiger charge is -2.15. The van der Waals surface area contributed by atoms with E-state index in [1.165, 1.54) is 17.8 Å². The zero-order chi connectivity index (χ0) is 22.1. The molecule has 0 aliphatic heterocycles. The lowest BCUT2D eigenvalue weighted by Crippen LogP contribution is -2.29. The zero-order valence-corrected chi connectivity index (χ0v) is 15.9. The summed E-state index contributed by atoms with van der Waals surface area (Å²) in [5.74, 6) is -1.56. The summed E-state index contributed by atoms with van der Waals surface area (Å²) >= 11 is 0. The summed E-state index contributed by atoms with van der Waals surface area (Å²) in [4.78, 5) is 18.3. The molecular weight excluding hydrogens is 403 g/mol. The molecule has 0 radical (unpaired) electrons. The molecule has 158 valence electrons. The SMILES string of the molecule is Cc1cc(Nc2nccc(C(F)(F)F)n2)cc(-c2cnn([C@H](C)[C@H](O)C(=O)O)c2)c1. The Hall–Kier alpha value is -3.47. The van der Waals surface area contributed by atoms with E-state index in [4.69, 9.17) is 5.11 Å². The number of carboxylic acid groups (broad SMARTS) is 1. The van der Waals surface area contributed by atoms with Crippen molar-refractivity contribution in [3.05, 3.63) is 54.1 Å². The fraction of sp³-hybridized carbons (Fsp3) is 0.263. The molecule has 2 heterocycles. The highest BCUT2D eigenvalue weighted by atomic mass is 19.4. The van der Waals surface area contributed by atoms with Crippen LogP contribution in [0, 0.1) is 6.92 Å². The number of alkyl halides is 3. The van der Waals surface area contributed by atoms with Gasteiger partial charge >= 0.3 is 12.1 Å². The number of carboxylic acids is 1. The maximum Gasteiger partial charge on any atom is 0.433 e. The number of aliphatic carboxylic acids is 1. The number of nitrogens with zero attached hydrogens (tertiary/aromatic N) is 4. The van der Waals surface area contributed by atoms with Crippen LogP contribution < -0.4 is 5.32 Å². The number of rotatable bonds is 6. The van der Waals surface area contributed by atoms with Gasteiger partial charge in [-0.2, -0.15) is 18.3 Å². The topological polar surface area (TPSA) is 113 Å². The van der Waals surface area contributed by atoms with E-state index in [2.05, 4.69) is 20.4 Å². The monoisotopic (exact) mass is 421 g/mol. The zero-order valence-electron chi connectivity index (χ0n) is 15.9. The van der Waals surface area contributed by atoms with Gasteiger partial charge in [0, 0.05) is 23.6 Å². The number of halogens is 3. The third-order valence-corrected chi connectivity index (χ3v) is 4.34. The van der Waals surface area contributed by atoms with Crippen LogP contribution in [-0.2, 0) is 11.0 Å². The molecular formula is C19H18F3N5O3. The largest absolute Gasteiger partial charge is 0.479 e. The first kappa shape index (κ1) is 21.2. The van der Waals surface area contributed by atoms with Crippen LogP contribution in [0.25, 0.3) is 11.1 Å². The van der Waals surface area contributed by atoms with E-state index in [0.717, 1.165) is 17.8 Å². The van der Waals surface area contributed by atoms with Gasteiger partial charge in [0.2, 0.25) is 5.95 Å². The lowest BCUT2D eigenvalue weighted by molar-refractivity contribution is -0.149. The van der Waals surface area contributed by atoms with Crippen LogP contribution in [0.4, 0.5) is 24.8 Å². The quantitative estimate of drug-likeness (QED) is 0.559. The molecule has 0 saturated carbocycles. The number of hydrogen-bond acceptors (Lipinski definition) is 6. The highest BCUT2D eigenvalue weighted by Gasteiger charge is 2.32. The summed E-state index contributed by atoms with van der Waals surface area (Å²) in [6.45, 7) is 3.33. The summed E-state index contributed by atoms with van der Waals surface area (Å²) in [5.41, 5.74) is 1.55. The Morgan fingerprint density at radius 2 is 1.97 bits per heavy atom. The number of aliphatic hydroxyl groups is 1. The van der Waals surface area contributed by atoms with Gasteiger partial charge in [0.05, 0.1) is 12.2 Å². The molecule has 3 rings (SSSR count). The minimum Gasteiger partial charge on any atom is -0.479 e. The first-order valence-corrected chi connectivity index (χ1v) is 8.79. The van der Waals surface area contributed by atoms with Crippen molar-refractivity contribution in [1.29, 1.82) is 0 Å².